The average Bonchev–Trinajstić information content (AvgIpc) is 2.16. The van der Waals surface area contributed by atoms with Crippen molar-refractivity contribution in [3.8, 4) is 5.88 Å². The van der Waals surface area contributed by atoms with Gasteiger partial charge in [0.15, 0.2) is 0 Å². The third-order valence-corrected chi connectivity index (χ3v) is 1.93. The van der Waals surface area contributed by atoms with Gasteiger partial charge in [0, 0.05) is 11.8 Å². The molecule has 82 valence electrons. The van der Waals surface area contributed by atoms with Gasteiger partial charge in [0.1, 0.15) is 0 Å². The number of carbonyl (C=O) groups is 1. The molecule has 0 radical (unpaired) electrons. The standard InChI is InChI=1S/C11H15NO3/c1-7(2)4-9-5-8(11(13)14)6-10(12-9)15-3/h5-7H,4H2,1-3H3,(H,13,14). The van der Waals surface area contributed by atoms with Gasteiger partial charge in [-0.1, -0.05) is 13.8 Å². The molecule has 0 bridgehead atoms. The van der Waals surface area contributed by atoms with Gasteiger partial charge >= 0.3 is 5.97 Å². The van der Waals surface area contributed by atoms with Crippen LogP contribution in [0.1, 0.15) is 29.9 Å². The number of carboxylic acid groups (broad SMARTS) is 1. The third kappa shape index (κ3) is 3.23. The number of aromatic carboxylic acids is 1. The number of rotatable bonds is 4. The zero-order valence-corrected chi connectivity index (χ0v) is 9.15. The molecule has 1 heterocycles. The molecule has 0 fully saturated rings. The first kappa shape index (κ1) is 11.5. The molecule has 15 heavy (non-hydrogen) atoms. The lowest BCUT2D eigenvalue weighted by molar-refractivity contribution is 0.0696. The van der Waals surface area contributed by atoms with Gasteiger partial charge in [-0.3, -0.25) is 0 Å². The normalized spacial score (nSPS) is 10.4. The van der Waals surface area contributed by atoms with Crippen LogP contribution < -0.4 is 4.74 Å². The molecule has 0 aliphatic heterocycles. The first-order valence-electron chi connectivity index (χ1n) is 4.81. The Morgan fingerprint density at radius 2 is 2.20 bits per heavy atom. The lowest BCUT2D eigenvalue weighted by Crippen LogP contribution is -2.04. The lowest BCUT2D eigenvalue weighted by atomic mass is 10.1. The molecule has 0 spiro atoms. The summed E-state index contributed by atoms with van der Waals surface area (Å²) in [6, 6.07) is 3.01. The zero-order chi connectivity index (χ0) is 11.4. The number of ether oxygens (including phenoxy) is 1. The van der Waals surface area contributed by atoms with E-state index < -0.39 is 5.97 Å². The monoisotopic (exact) mass is 209 g/mol. The summed E-state index contributed by atoms with van der Waals surface area (Å²) in [6.45, 7) is 4.11. The Balaban J connectivity index is 3.05. The molecule has 1 rings (SSSR count). The Morgan fingerprint density at radius 3 is 2.67 bits per heavy atom. The van der Waals surface area contributed by atoms with Gasteiger partial charge in [0.25, 0.3) is 0 Å². The van der Waals surface area contributed by atoms with Crippen LogP contribution in [-0.2, 0) is 6.42 Å². The molecule has 1 aromatic heterocycles. The fraction of sp³-hybridized carbons (Fsp3) is 0.455. The quantitative estimate of drug-likeness (QED) is 0.823. The number of hydrogen-bond acceptors (Lipinski definition) is 3. The molecule has 1 N–H and O–H groups in total. The summed E-state index contributed by atoms with van der Waals surface area (Å²) in [5, 5.41) is 8.88. The van der Waals surface area contributed by atoms with Crippen LogP contribution in [-0.4, -0.2) is 23.2 Å². The van der Waals surface area contributed by atoms with Crippen molar-refractivity contribution in [1.82, 2.24) is 4.98 Å². The fourth-order valence-corrected chi connectivity index (χ4v) is 1.31. The molecule has 0 aliphatic carbocycles. The van der Waals surface area contributed by atoms with E-state index in [9.17, 15) is 4.79 Å². The van der Waals surface area contributed by atoms with E-state index in [1.807, 2.05) is 0 Å². The molecule has 1 aromatic rings. The summed E-state index contributed by atoms with van der Waals surface area (Å²) in [7, 11) is 1.48. The molecule has 0 aliphatic rings. The largest absolute Gasteiger partial charge is 0.481 e. The predicted molar refractivity (Wildman–Crippen MR) is 56.3 cm³/mol. The summed E-state index contributed by atoms with van der Waals surface area (Å²) in [6.07, 6.45) is 0.747. The Labute approximate surface area is 88.9 Å². The number of hydrogen-bond donors (Lipinski definition) is 1. The number of carboxylic acids is 1. The average molecular weight is 209 g/mol. The number of pyridine rings is 1. The van der Waals surface area contributed by atoms with Crippen molar-refractivity contribution < 1.29 is 14.6 Å². The first-order chi connectivity index (χ1) is 7.02. The van der Waals surface area contributed by atoms with E-state index in [4.69, 9.17) is 9.84 Å². The summed E-state index contributed by atoms with van der Waals surface area (Å²) in [4.78, 5) is 15.0. The minimum absolute atomic E-state index is 0.220. The highest BCUT2D eigenvalue weighted by Gasteiger charge is 2.09. The maximum absolute atomic E-state index is 10.8. The summed E-state index contributed by atoms with van der Waals surface area (Å²) >= 11 is 0. The third-order valence-electron chi connectivity index (χ3n) is 1.93. The van der Waals surface area contributed by atoms with Crippen molar-refractivity contribution in [2.24, 2.45) is 5.92 Å². The minimum atomic E-state index is -0.958. The van der Waals surface area contributed by atoms with Crippen LogP contribution in [0.25, 0.3) is 0 Å². The van der Waals surface area contributed by atoms with Crippen LogP contribution in [0.4, 0.5) is 0 Å². The number of methoxy groups -OCH3 is 1. The predicted octanol–water partition coefficient (Wildman–Crippen LogP) is 1.99. The highest BCUT2D eigenvalue weighted by atomic mass is 16.5. The summed E-state index contributed by atoms with van der Waals surface area (Å²) in [5.41, 5.74) is 0.972. The van der Waals surface area contributed by atoms with Crippen LogP contribution in [0.15, 0.2) is 12.1 Å². The summed E-state index contributed by atoms with van der Waals surface area (Å²) < 4.78 is 4.95. The van der Waals surface area contributed by atoms with Crippen molar-refractivity contribution in [3.05, 3.63) is 23.4 Å². The van der Waals surface area contributed by atoms with Gasteiger partial charge < -0.3 is 9.84 Å². The van der Waals surface area contributed by atoms with Gasteiger partial charge in [0.05, 0.1) is 12.7 Å². The van der Waals surface area contributed by atoms with Crippen molar-refractivity contribution >= 4 is 5.97 Å². The van der Waals surface area contributed by atoms with Crippen LogP contribution in [0.5, 0.6) is 5.88 Å². The minimum Gasteiger partial charge on any atom is -0.481 e. The van der Waals surface area contributed by atoms with E-state index in [2.05, 4.69) is 18.8 Å². The van der Waals surface area contributed by atoms with Crippen LogP contribution in [0.2, 0.25) is 0 Å². The highest BCUT2D eigenvalue weighted by molar-refractivity contribution is 5.88. The molecule has 0 amide bonds. The Kier molecular flexibility index (Phi) is 3.66. The molecule has 0 saturated heterocycles. The van der Waals surface area contributed by atoms with Gasteiger partial charge in [-0.05, 0) is 18.4 Å². The van der Waals surface area contributed by atoms with Gasteiger partial charge in [-0.25, -0.2) is 9.78 Å². The van der Waals surface area contributed by atoms with E-state index in [1.54, 1.807) is 6.07 Å². The van der Waals surface area contributed by atoms with Crippen LogP contribution in [0, 0.1) is 5.92 Å². The Hall–Kier alpha value is -1.58. The number of nitrogens with zero attached hydrogens (tertiary/aromatic N) is 1. The lowest BCUT2D eigenvalue weighted by Gasteiger charge is -2.07. The Morgan fingerprint density at radius 1 is 1.53 bits per heavy atom. The van der Waals surface area contributed by atoms with Crippen molar-refractivity contribution in [2.75, 3.05) is 7.11 Å². The van der Waals surface area contributed by atoms with Gasteiger partial charge in [0.2, 0.25) is 5.88 Å². The van der Waals surface area contributed by atoms with E-state index in [0.29, 0.717) is 11.8 Å². The molecular formula is C11H15NO3. The highest BCUT2D eigenvalue weighted by Crippen LogP contribution is 2.15. The number of aromatic nitrogens is 1. The fourth-order valence-electron chi connectivity index (χ4n) is 1.31. The molecule has 0 aromatic carbocycles. The van der Waals surface area contributed by atoms with Crippen LogP contribution >= 0.6 is 0 Å². The smallest absolute Gasteiger partial charge is 0.335 e. The molecule has 4 nitrogen and oxygen atoms in total. The van der Waals surface area contributed by atoms with E-state index in [-0.39, 0.29) is 5.56 Å². The zero-order valence-electron chi connectivity index (χ0n) is 9.15. The van der Waals surface area contributed by atoms with Crippen molar-refractivity contribution in [1.29, 1.82) is 0 Å². The van der Waals surface area contributed by atoms with Gasteiger partial charge in [-0.15, -0.1) is 0 Å². The second-order valence-electron chi connectivity index (χ2n) is 3.79. The second-order valence-corrected chi connectivity index (χ2v) is 3.79. The van der Waals surface area contributed by atoms with Crippen molar-refractivity contribution in [2.45, 2.75) is 20.3 Å². The molecule has 0 unspecified atom stereocenters. The molecular weight excluding hydrogens is 194 g/mol. The van der Waals surface area contributed by atoms with E-state index >= 15 is 0 Å². The van der Waals surface area contributed by atoms with Crippen LogP contribution in [0.3, 0.4) is 0 Å². The molecule has 4 heteroatoms. The Bertz CT molecular complexity index is 361. The van der Waals surface area contributed by atoms with E-state index in [0.717, 1.165) is 12.1 Å². The van der Waals surface area contributed by atoms with Crippen molar-refractivity contribution in [3.63, 3.8) is 0 Å². The maximum Gasteiger partial charge on any atom is 0.335 e. The first-order valence-corrected chi connectivity index (χ1v) is 4.81. The second kappa shape index (κ2) is 4.77. The molecule has 0 atom stereocenters. The molecule has 0 saturated carbocycles. The topological polar surface area (TPSA) is 59.4 Å². The van der Waals surface area contributed by atoms with E-state index in [1.165, 1.54) is 13.2 Å². The SMILES string of the molecule is COc1cc(C(=O)O)cc(CC(C)C)n1. The maximum atomic E-state index is 10.8. The van der Waals surface area contributed by atoms with Gasteiger partial charge in [-0.2, -0.15) is 0 Å². The summed E-state index contributed by atoms with van der Waals surface area (Å²) in [5.74, 6) is -0.169.